The molecule has 0 aromatic rings. The molecule has 0 aromatic heterocycles. The number of aliphatic hydroxyl groups is 4. The van der Waals surface area contributed by atoms with Crippen molar-refractivity contribution < 1.29 is 34.7 Å². The van der Waals surface area contributed by atoms with Gasteiger partial charge in [-0.1, -0.05) is 90.4 Å². The number of carbonyl (C=O) groups is 1. The number of aliphatic hydroxyl groups excluding tert-OH is 4. The summed E-state index contributed by atoms with van der Waals surface area (Å²) in [6.45, 7) is 4.02. The summed E-state index contributed by atoms with van der Waals surface area (Å²) in [5.74, 6) is -0.282. The van der Waals surface area contributed by atoms with E-state index in [0.717, 1.165) is 57.8 Å². The summed E-state index contributed by atoms with van der Waals surface area (Å²) < 4.78 is 11.2. The molecular weight excluding hydrogens is 508 g/mol. The molecule has 1 saturated heterocycles. The highest BCUT2D eigenvalue weighted by molar-refractivity contribution is 5.90. The fourth-order valence-electron chi connectivity index (χ4n) is 6.05. The Kier molecular flexibility index (Phi) is 18.3. The molecule has 0 radical (unpaired) electrons. The molecule has 0 aliphatic carbocycles. The monoisotopic (exact) mass is 568 g/mol. The van der Waals surface area contributed by atoms with Gasteiger partial charge in [-0.2, -0.15) is 0 Å². The van der Waals surface area contributed by atoms with Crippen molar-refractivity contribution in [2.75, 3.05) is 0 Å². The maximum absolute atomic E-state index is 11.6. The van der Waals surface area contributed by atoms with Crippen molar-refractivity contribution in [2.45, 2.75) is 191 Å². The van der Waals surface area contributed by atoms with Crippen molar-refractivity contribution in [3.63, 3.8) is 0 Å². The normalized spacial score (nSPS) is 24.1. The molecule has 3 unspecified atom stereocenters. The number of hydrogen-bond donors (Lipinski definition) is 4. The van der Waals surface area contributed by atoms with Crippen molar-refractivity contribution >= 4 is 5.97 Å². The lowest BCUT2D eigenvalue weighted by atomic mass is 9.98. The van der Waals surface area contributed by atoms with E-state index in [0.29, 0.717) is 31.3 Å². The molecule has 0 bridgehead atoms. The van der Waals surface area contributed by atoms with Gasteiger partial charge in [0.2, 0.25) is 0 Å². The van der Waals surface area contributed by atoms with Crippen molar-refractivity contribution in [1.29, 1.82) is 0 Å². The third-order valence-electron chi connectivity index (χ3n) is 8.64. The predicted molar refractivity (Wildman–Crippen MR) is 159 cm³/mol. The van der Waals surface area contributed by atoms with Gasteiger partial charge in [-0.25, -0.2) is 4.79 Å². The van der Waals surface area contributed by atoms with Crippen molar-refractivity contribution in [3.05, 3.63) is 11.6 Å². The number of unbranched alkanes of at least 4 members (excludes halogenated alkanes) is 11. The molecule has 0 aromatic carbocycles. The molecule has 0 saturated carbocycles. The zero-order valence-corrected chi connectivity index (χ0v) is 25.5. The Morgan fingerprint density at radius 3 is 2.02 bits per heavy atom. The van der Waals surface area contributed by atoms with Gasteiger partial charge < -0.3 is 29.9 Å². The van der Waals surface area contributed by atoms with Crippen LogP contribution in [-0.2, 0) is 14.3 Å². The van der Waals surface area contributed by atoms with E-state index in [1.54, 1.807) is 0 Å². The first-order valence-corrected chi connectivity index (χ1v) is 16.6. The van der Waals surface area contributed by atoms with Crippen LogP contribution in [0.1, 0.15) is 149 Å². The minimum absolute atomic E-state index is 0.144. The van der Waals surface area contributed by atoms with Gasteiger partial charge >= 0.3 is 5.97 Å². The lowest BCUT2D eigenvalue weighted by molar-refractivity contribution is -0.139. The molecule has 234 valence electrons. The van der Waals surface area contributed by atoms with Crippen molar-refractivity contribution in [1.82, 2.24) is 0 Å². The average molecular weight is 569 g/mol. The first-order chi connectivity index (χ1) is 19.3. The van der Waals surface area contributed by atoms with Crippen LogP contribution in [0.25, 0.3) is 0 Å². The molecule has 0 amide bonds. The van der Waals surface area contributed by atoms with E-state index in [-0.39, 0.29) is 24.3 Å². The van der Waals surface area contributed by atoms with Crippen LogP contribution in [0.5, 0.6) is 0 Å². The molecule has 4 N–H and O–H groups in total. The van der Waals surface area contributed by atoms with E-state index in [2.05, 4.69) is 6.92 Å². The number of cyclic esters (lactones) is 1. The fourth-order valence-corrected chi connectivity index (χ4v) is 6.05. The molecule has 7 atom stereocenters. The van der Waals surface area contributed by atoms with E-state index in [1.165, 1.54) is 51.4 Å². The molecule has 2 aliphatic rings. The average Bonchev–Trinajstić information content (AvgIpc) is 3.53. The van der Waals surface area contributed by atoms with Crippen LogP contribution in [-0.4, -0.2) is 69.1 Å². The van der Waals surface area contributed by atoms with Gasteiger partial charge in [-0.3, -0.25) is 0 Å². The SMILES string of the molecule is CCCCCCCC(O)C(O)CC[C@H](O)[C@@H]1CCC(CCCCCCCCCC[C@@H](O)CC2=C[C@H](C)OC2=O)O1. The lowest BCUT2D eigenvalue weighted by Crippen LogP contribution is -2.31. The summed E-state index contributed by atoms with van der Waals surface area (Å²) in [5.41, 5.74) is 0.615. The quantitative estimate of drug-likeness (QED) is 0.0800. The Hall–Kier alpha value is -0.990. The second kappa shape index (κ2) is 20.8. The van der Waals surface area contributed by atoms with E-state index < -0.39 is 24.4 Å². The molecule has 0 spiro atoms. The summed E-state index contributed by atoms with van der Waals surface area (Å²) in [5, 5.41) is 41.2. The largest absolute Gasteiger partial charge is 0.455 e. The van der Waals surface area contributed by atoms with Crippen LogP contribution in [0.2, 0.25) is 0 Å². The van der Waals surface area contributed by atoms with Crippen LogP contribution >= 0.6 is 0 Å². The predicted octanol–water partition coefficient (Wildman–Crippen LogP) is 6.28. The van der Waals surface area contributed by atoms with E-state index in [9.17, 15) is 25.2 Å². The topological polar surface area (TPSA) is 116 Å². The van der Waals surface area contributed by atoms with E-state index in [4.69, 9.17) is 9.47 Å². The van der Waals surface area contributed by atoms with Crippen molar-refractivity contribution in [2.24, 2.45) is 0 Å². The molecule has 7 nitrogen and oxygen atoms in total. The number of esters is 1. The van der Waals surface area contributed by atoms with Gasteiger partial charge in [-0.05, 0) is 57.9 Å². The molecule has 2 aliphatic heterocycles. The van der Waals surface area contributed by atoms with Crippen molar-refractivity contribution in [3.8, 4) is 0 Å². The van der Waals surface area contributed by atoms with Crippen LogP contribution in [0, 0.1) is 0 Å². The van der Waals surface area contributed by atoms with Gasteiger partial charge in [0.15, 0.2) is 0 Å². The van der Waals surface area contributed by atoms with E-state index >= 15 is 0 Å². The van der Waals surface area contributed by atoms with Crippen LogP contribution in [0.3, 0.4) is 0 Å². The fraction of sp³-hybridized carbons (Fsp3) is 0.909. The lowest BCUT2D eigenvalue weighted by Gasteiger charge is -2.22. The Morgan fingerprint density at radius 1 is 0.775 bits per heavy atom. The van der Waals surface area contributed by atoms with Gasteiger partial charge in [0, 0.05) is 12.0 Å². The highest BCUT2D eigenvalue weighted by Gasteiger charge is 2.31. The number of ether oxygens (including phenoxy) is 2. The van der Waals surface area contributed by atoms with Gasteiger partial charge in [0.05, 0.1) is 36.6 Å². The Labute approximate surface area is 243 Å². The Balaban J connectivity index is 1.40. The molecular formula is C33H60O7. The highest BCUT2D eigenvalue weighted by Crippen LogP contribution is 2.28. The maximum Gasteiger partial charge on any atom is 0.334 e. The van der Waals surface area contributed by atoms with E-state index in [1.807, 2.05) is 13.0 Å². The van der Waals surface area contributed by atoms with Crippen LogP contribution in [0.4, 0.5) is 0 Å². The minimum atomic E-state index is -0.768. The van der Waals surface area contributed by atoms with Gasteiger partial charge in [-0.15, -0.1) is 0 Å². The molecule has 2 heterocycles. The standard InChI is InChI=1S/C33H60O7/c1-3-4-5-10-15-18-29(35)30(36)20-21-31(37)32-22-19-28(40-32)17-14-12-9-7-6-8-11-13-16-27(34)24-26-23-25(2)39-33(26)38/h23,25,27-32,34-37H,3-22,24H2,1-2H3/t25-,27+,28?,29?,30?,31-,32-/m0/s1. The smallest absolute Gasteiger partial charge is 0.334 e. The third-order valence-corrected chi connectivity index (χ3v) is 8.64. The minimum Gasteiger partial charge on any atom is -0.455 e. The van der Waals surface area contributed by atoms with Crippen LogP contribution in [0.15, 0.2) is 11.6 Å². The third kappa shape index (κ3) is 14.8. The molecule has 1 fully saturated rings. The zero-order chi connectivity index (χ0) is 29.2. The summed E-state index contributed by atoms with van der Waals surface area (Å²) in [4.78, 5) is 11.6. The summed E-state index contributed by atoms with van der Waals surface area (Å²) in [7, 11) is 0. The molecule has 2 rings (SSSR count). The summed E-state index contributed by atoms with van der Waals surface area (Å²) >= 11 is 0. The zero-order valence-electron chi connectivity index (χ0n) is 25.5. The number of carbonyl (C=O) groups excluding carboxylic acids is 1. The highest BCUT2D eigenvalue weighted by atomic mass is 16.5. The van der Waals surface area contributed by atoms with Crippen LogP contribution < -0.4 is 0 Å². The maximum atomic E-state index is 11.6. The Bertz CT molecular complexity index is 696. The Morgan fingerprint density at radius 2 is 1.38 bits per heavy atom. The molecule has 7 heteroatoms. The first kappa shape index (κ1) is 35.2. The number of hydrogen-bond acceptors (Lipinski definition) is 7. The molecule has 40 heavy (non-hydrogen) atoms. The van der Waals surface area contributed by atoms with Gasteiger partial charge in [0.1, 0.15) is 6.10 Å². The summed E-state index contributed by atoms with van der Waals surface area (Å²) in [6.07, 6.45) is 19.8. The summed E-state index contributed by atoms with van der Waals surface area (Å²) in [6, 6.07) is 0. The second-order valence-corrected chi connectivity index (χ2v) is 12.4. The second-order valence-electron chi connectivity index (χ2n) is 12.4. The van der Waals surface area contributed by atoms with Gasteiger partial charge in [0.25, 0.3) is 0 Å². The number of rotatable bonds is 24. The first-order valence-electron chi connectivity index (χ1n) is 16.6.